The van der Waals surface area contributed by atoms with Crippen molar-refractivity contribution in [1.82, 2.24) is 0 Å². The van der Waals surface area contributed by atoms with E-state index in [-0.39, 0.29) is 0 Å². The minimum Gasteiger partial charge on any atom is -0.491 e. The molecule has 2 nitrogen and oxygen atoms in total. The predicted octanol–water partition coefficient (Wildman–Crippen LogP) is 2.92. The van der Waals surface area contributed by atoms with Crippen molar-refractivity contribution < 1.29 is 9.84 Å². The first-order chi connectivity index (χ1) is 7.09. The average Bonchev–Trinajstić information content (AvgIpc) is 2.28. The molecular weight excluding hydrogens is 188 g/mol. The van der Waals surface area contributed by atoms with Crippen LogP contribution < -0.4 is 4.74 Å². The van der Waals surface area contributed by atoms with E-state index in [0.29, 0.717) is 6.61 Å². The largest absolute Gasteiger partial charge is 0.491 e. The molecule has 0 unspecified atom stereocenters. The smallest absolute Gasteiger partial charge is 0.119 e. The summed E-state index contributed by atoms with van der Waals surface area (Å²) in [6.45, 7) is 6.35. The summed E-state index contributed by atoms with van der Waals surface area (Å²) >= 11 is 0. The molecule has 15 heavy (non-hydrogen) atoms. The van der Waals surface area contributed by atoms with Gasteiger partial charge in [0.1, 0.15) is 12.4 Å². The monoisotopic (exact) mass is 208 g/mol. The number of hydrogen-bond donors (Lipinski definition) is 1. The Hall–Kier alpha value is -1.02. The molecule has 1 rings (SSSR count). The van der Waals surface area contributed by atoms with E-state index in [0.717, 1.165) is 18.6 Å². The van der Waals surface area contributed by atoms with Crippen LogP contribution in [0.15, 0.2) is 24.3 Å². The average molecular weight is 208 g/mol. The number of benzene rings is 1. The third kappa shape index (κ3) is 3.56. The standard InChI is InChI=1S/C13H20O2/c1-4-13(14,5-2)10-15-12-8-6-11(3)7-9-12/h6-9,14H,4-5,10H2,1-3H3. The van der Waals surface area contributed by atoms with E-state index in [2.05, 4.69) is 0 Å². The molecule has 0 aliphatic heterocycles. The van der Waals surface area contributed by atoms with Crippen LogP contribution in [-0.4, -0.2) is 17.3 Å². The molecule has 0 atom stereocenters. The Morgan fingerprint density at radius 3 is 2.13 bits per heavy atom. The molecule has 0 amide bonds. The van der Waals surface area contributed by atoms with Crippen molar-refractivity contribution in [3.63, 3.8) is 0 Å². The Bertz CT molecular complexity index is 286. The lowest BCUT2D eigenvalue weighted by atomic mass is 9.99. The fourth-order valence-corrected chi connectivity index (χ4v) is 1.31. The first-order valence-electron chi connectivity index (χ1n) is 5.51. The van der Waals surface area contributed by atoms with Crippen molar-refractivity contribution in [3.8, 4) is 5.75 Å². The molecule has 1 aromatic rings. The van der Waals surface area contributed by atoms with Crippen LogP contribution in [0.5, 0.6) is 5.75 Å². The molecule has 84 valence electrons. The van der Waals surface area contributed by atoms with Gasteiger partial charge < -0.3 is 9.84 Å². The Kier molecular flexibility index (Phi) is 4.15. The quantitative estimate of drug-likeness (QED) is 0.806. The Morgan fingerprint density at radius 1 is 1.13 bits per heavy atom. The maximum absolute atomic E-state index is 10.0. The van der Waals surface area contributed by atoms with E-state index >= 15 is 0 Å². The molecule has 0 fully saturated rings. The lowest BCUT2D eigenvalue weighted by molar-refractivity contribution is -0.0113. The molecule has 0 saturated carbocycles. The maximum atomic E-state index is 10.0. The highest BCUT2D eigenvalue weighted by Crippen LogP contribution is 2.18. The van der Waals surface area contributed by atoms with Crippen molar-refractivity contribution in [2.75, 3.05) is 6.61 Å². The predicted molar refractivity (Wildman–Crippen MR) is 62.2 cm³/mol. The zero-order valence-electron chi connectivity index (χ0n) is 9.79. The second kappa shape index (κ2) is 5.17. The molecule has 0 aromatic heterocycles. The number of aryl methyl sites for hydroxylation is 1. The van der Waals surface area contributed by atoms with Crippen LogP contribution in [0.1, 0.15) is 32.3 Å². The van der Waals surface area contributed by atoms with Gasteiger partial charge in [0.05, 0.1) is 5.60 Å². The van der Waals surface area contributed by atoms with Crippen LogP contribution in [0.4, 0.5) is 0 Å². The summed E-state index contributed by atoms with van der Waals surface area (Å²) in [6, 6.07) is 7.88. The van der Waals surface area contributed by atoms with Crippen molar-refractivity contribution in [2.24, 2.45) is 0 Å². The van der Waals surface area contributed by atoms with Gasteiger partial charge in [0.25, 0.3) is 0 Å². The summed E-state index contributed by atoms with van der Waals surface area (Å²) in [4.78, 5) is 0. The van der Waals surface area contributed by atoms with Gasteiger partial charge in [-0.1, -0.05) is 31.5 Å². The van der Waals surface area contributed by atoms with Crippen LogP contribution in [0, 0.1) is 6.92 Å². The minimum atomic E-state index is -0.690. The van der Waals surface area contributed by atoms with E-state index in [1.807, 2.05) is 45.0 Å². The van der Waals surface area contributed by atoms with E-state index < -0.39 is 5.60 Å². The summed E-state index contributed by atoms with van der Waals surface area (Å²) < 4.78 is 5.56. The van der Waals surface area contributed by atoms with E-state index in [4.69, 9.17) is 4.74 Å². The molecule has 0 radical (unpaired) electrons. The highest BCUT2D eigenvalue weighted by atomic mass is 16.5. The number of hydrogen-bond acceptors (Lipinski definition) is 2. The number of aliphatic hydroxyl groups is 1. The van der Waals surface area contributed by atoms with Crippen LogP contribution in [0.25, 0.3) is 0 Å². The van der Waals surface area contributed by atoms with Crippen LogP contribution in [-0.2, 0) is 0 Å². The van der Waals surface area contributed by atoms with Gasteiger partial charge in [-0.15, -0.1) is 0 Å². The lowest BCUT2D eigenvalue weighted by Gasteiger charge is -2.25. The lowest BCUT2D eigenvalue weighted by Crippen LogP contribution is -2.34. The van der Waals surface area contributed by atoms with Gasteiger partial charge in [0.15, 0.2) is 0 Å². The number of rotatable bonds is 5. The van der Waals surface area contributed by atoms with Crippen molar-refractivity contribution in [3.05, 3.63) is 29.8 Å². The van der Waals surface area contributed by atoms with Gasteiger partial charge in [-0.25, -0.2) is 0 Å². The highest BCUT2D eigenvalue weighted by molar-refractivity contribution is 5.26. The van der Waals surface area contributed by atoms with Crippen molar-refractivity contribution in [2.45, 2.75) is 39.2 Å². The van der Waals surface area contributed by atoms with E-state index in [1.54, 1.807) is 0 Å². The van der Waals surface area contributed by atoms with Crippen molar-refractivity contribution in [1.29, 1.82) is 0 Å². The van der Waals surface area contributed by atoms with Gasteiger partial charge in [-0.3, -0.25) is 0 Å². The summed E-state index contributed by atoms with van der Waals surface area (Å²) in [5, 5.41) is 10.0. The van der Waals surface area contributed by atoms with Crippen LogP contribution in [0.2, 0.25) is 0 Å². The minimum absolute atomic E-state index is 0.364. The molecule has 0 aliphatic rings. The molecule has 0 bridgehead atoms. The molecule has 0 aliphatic carbocycles. The third-order valence-corrected chi connectivity index (χ3v) is 2.84. The number of ether oxygens (including phenoxy) is 1. The Labute approximate surface area is 91.9 Å². The fraction of sp³-hybridized carbons (Fsp3) is 0.538. The topological polar surface area (TPSA) is 29.5 Å². The summed E-state index contributed by atoms with van der Waals surface area (Å²) in [5.41, 5.74) is 0.522. The first kappa shape index (κ1) is 12.1. The molecule has 1 aromatic carbocycles. The van der Waals surface area contributed by atoms with Gasteiger partial charge in [0.2, 0.25) is 0 Å². The molecule has 0 heterocycles. The fourth-order valence-electron chi connectivity index (χ4n) is 1.31. The highest BCUT2D eigenvalue weighted by Gasteiger charge is 2.22. The molecular formula is C13H20O2. The van der Waals surface area contributed by atoms with Gasteiger partial charge in [-0.05, 0) is 31.9 Å². The summed E-state index contributed by atoms with van der Waals surface area (Å²) in [6.07, 6.45) is 1.44. The zero-order valence-corrected chi connectivity index (χ0v) is 9.79. The third-order valence-electron chi connectivity index (χ3n) is 2.84. The van der Waals surface area contributed by atoms with E-state index in [1.165, 1.54) is 5.56 Å². The second-order valence-electron chi connectivity index (χ2n) is 4.03. The molecule has 1 N–H and O–H groups in total. The van der Waals surface area contributed by atoms with Gasteiger partial charge >= 0.3 is 0 Å². The van der Waals surface area contributed by atoms with Crippen molar-refractivity contribution >= 4 is 0 Å². The van der Waals surface area contributed by atoms with Crippen LogP contribution in [0.3, 0.4) is 0 Å². The van der Waals surface area contributed by atoms with Gasteiger partial charge in [-0.2, -0.15) is 0 Å². The second-order valence-corrected chi connectivity index (χ2v) is 4.03. The summed E-state index contributed by atoms with van der Waals surface area (Å²) in [5.74, 6) is 0.820. The summed E-state index contributed by atoms with van der Waals surface area (Å²) in [7, 11) is 0. The normalized spacial score (nSPS) is 11.5. The maximum Gasteiger partial charge on any atom is 0.119 e. The van der Waals surface area contributed by atoms with E-state index in [9.17, 15) is 5.11 Å². The zero-order chi connectivity index (χ0) is 11.3. The molecule has 0 saturated heterocycles. The molecule has 2 heteroatoms. The SMILES string of the molecule is CCC(O)(CC)COc1ccc(C)cc1. The van der Waals surface area contributed by atoms with Gasteiger partial charge in [0, 0.05) is 0 Å². The Morgan fingerprint density at radius 2 is 1.67 bits per heavy atom. The first-order valence-corrected chi connectivity index (χ1v) is 5.51. The van der Waals surface area contributed by atoms with Crippen LogP contribution >= 0.6 is 0 Å². The molecule has 0 spiro atoms. The Balaban J connectivity index is 2.53.